The lowest BCUT2D eigenvalue weighted by molar-refractivity contribution is 0.905. The maximum absolute atomic E-state index is 4.66. The van der Waals surface area contributed by atoms with Gasteiger partial charge in [0.2, 0.25) is 0 Å². The van der Waals surface area contributed by atoms with E-state index in [1.807, 2.05) is 12.1 Å². The molecule has 3 aromatic rings. The summed E-state index contributed by atoms with van der Waals surface area (Å²) >= 11 is 0. The van der Waals surface area contributed by atoms with Gasteiger partial charge in [0.25, 0.3) is 0 Å². The van der Waals surface area contributed by atoms with Crippen LogP contribution in [0.1, 0.15) is 5.69 Å². The molecule has 2 heteroatoms. The Hall–Kier alpha value is -1.83. The van der Waals surface area contributed by atoms with Gasteiger partial charge < -0.3 is 4.57 Å². The van der Waals surface area contributed by atoms with Gasteiger partial charge in [-0.3, -0.25) is 0 Å². The molecule has 0 N–H and O–H groups in total. The van der Waals surface area contributed by atoms with E-state index in [1.165, 1.54) is 16.5 Å². The van der Waals surface area contributed by atoms with Gasteiger partial charge in [0.1, 0.15) is 5.65 Å². The van der Waals surface area contributed by atoms with Gasteiger partial charge in [0.15, 0.2) is 0 Å². The van der Waals surface area contributed by atoms with Crippen molar-refractivity contribution in [2.24, 2.45) is 7.05 Å². The molecule has 2 nitrogen and oxygen atoms in total. The summed E-state index contributed by atoms with van der Waals surface area (Å²) < 4.78 is 2.13. The summed E-state index contributed by atoms with van der Waals surface area (Å²) in [4.78, 5) is 4.66. The van der Waals surface area contributed by atoms with Crippen LogP contribution < -0.4 is 0 Å². The zero-order valence-electron chi connectivity index (χ0n) is 8.86. The van der Waals surface area contributed by atoms with Crippen LogP contribution in [0.15, 0.2) is 36.4 Å². The molecule has 0 fully saturated rings. The van der Waals surface area contributed by atoms with Crippen molar-refractivity contribution in [3.05, 3.63) is 42.1 Å². The molecule has 0 bridgehead atoms. The van der Waals surface area contributed by atoms with E-state index in [9.17, 15) is 0 Å². The van der Waals surface area contributed by atoms with E-state index in [0.29, 0.717) is 0 Å². The van der Waals surface area contributed by atoms with Gasteiger partial charge in [-0.25, -0.2) is 4.98 Å². The van der Waals surface area contributed by atoms with Crippen molar-refractivity contribution in [1.29, 1.82) is 0 Å². The number of benzene rings is 1. The summed E-state index contributed by atoms with van der Waals surface area (Å²) in [6.45, 7) is 2.10. The lowest BCUT2D eigenvalue weighted by atomic mass is 10.2. The number of aromatic nitrogens is 2. The summed E-state index contributed by atoms with van der Waals surface area (Å²) in [7, 11) is 2.06. The minimum Gasteiger partial charge on any atom is -0.333 e. The molecule has 0 spiro atoms. The van der Waals surface area contributed by atoms with Crippen molar-refractivity contribution in [3.8, 4) is 0 Å². The summed E-state index contributed by atoms with van der Waals surface area (Å²) in [6, 6.07) is 12.6. The Morgan fingerprint density at radius 3 is 2.73 bits per heavy atom. The van der Waals surface area contributed by atoms with Gasteiger partial charge in [-0.1, -0.05) is 18.2 Å². The number of para-hydroxylation sites is 1. The maximum Gasteiger partial charge on any atom is 0.140 e. The first-order chi connectivity index (χ1) is 7.25. The van der Waals surface area contributed by atoms with Crippen molar-refractivity contribution in [1.82, 2.24) is 9.55 Å². The topological polar surface area (TPSA) is 17.8 Å². The molecule has 0 unspecified atom stereocenters. The highest BCUT2D eigenvalue weighted by molar-refractivity contribution is 5.91. The average molecular weight is 196 g/mol. The number of aryl methyl sites for hydroxylation is 2. The maximum atomic E-state index is 4.66. The van der Waals surface area contributed by atoms with Gasteiger partial charge in [-0.15, -0.1) is 0 Å². The first-order valence-electron chi connectivity index (χ1n) is 5.07. The van der Waals surface area contributed by atoms with E-state index in [1.54, 1.807) is 0 Å². The SMILES string of the molecule is Cc1cc2cc3ccccc3nc2n1C. The standard InChI is InChI=1S/C13H12N2/c1-9-7-11-8-10-5-3-4-6-12(10)14-13(11)15(9)2/h3-8H,1-2H3. The van der Waals surface area contributed by atoms with Crippen molar-refractivity contribution in [2.75, 3.05) is 0 Å². The molecule has 0 saturated carbocycles. The first kappa shape index (κ1) is 8.48. The van der Waals surface area contributed by atoms with Crippen molar-refractivity contribution in [2.45, 2.75) is 6.92 Å². The zero-order chi connectivity index (χ0) is 10.4. The summed E-state index contributed by atoms with van der Waals surface area (Å²) in [6.07, 6.45) is 0. The second-order valence-electron chi connectivity index (χ2n) is 3.94. The predicted octanol–water partition coefficient (Wildman–Crippen LogP) is 3.03. The fraction of sp³-hybridized carbons (Fsp3) is 0.154. The van der Waals surface area contributed by atoms with E-state index in [2.05, 4.69) is 47.8 Å². The van der Waals surface area contributed by atoms with Crippen LogP contribution in [-0.4, -0.2) is 9.55 Å². The lowest BCUT2D eigenvalue weighted by Crippen LogP contribution is -1.91. The van der Waals surface area contributed by atoms with Crippen molar-refractivity contribution < 1.29 is 0 Å². The smallest absolute Gasteiger partial charge is 0.140 e. The molecule has 0 saturated heterocycles. The van der Waals surface area contributed by atoms with Gasteiger partial charge >= 0.3 is 0 Å². The molecule has 0 amide bonds. The van der Waals surface area contributed by atoms with E-state index in [-0.39, 0.29) is 0 Å². The van der Waals surface area contributed by atoms with Gasteiger partial charge in [-0.2, -0.15) is 0 Å². The molecule has 0 atom stereocenters. The predicted molar refractivity (Wildman–Crippen MR) is 63.0 cm³/mol. The highest BCUT2D eigenvalue weighted by atomic mass is 15.0. The second-order valence-corrected chi connectivity index (χ2v) is 3.94. The normalized spacial score (nSPS) is 11.3. The summed E-state index contributed by atoms with van der Waals surface area (Å²) in [5, 5.41) is 2.42. The monoisotopic (exact) mass is 196 g/mol. The molecule has 3 rings (SSSR count). The van der Waals surface area contributed by atoms with E-state index < -0.39 is 0 Å². The molecule has 15 heavy (non-hydrogen) atoms. The Kier molecular flexibility index (Phi) is 1.60. The highest BCUT2D eigenvalue weighted by Gasteiger charge is 2.04. The van der Waals surface area contributed by atoms with E-state index in [0.717, 1.165) is 11.2 Å². The minimum absolute atomic E-state index is 1.06. The average Bonchev–Trinajstić information content (AvgIpc) is 2.52. The quantitative estimate of drug-likeness (QED) is 0.540. The van der Waals surface area contributed by atoms with Crippen LogP contribution in [0, 0.1) is 6.92 Å². The Bertz CT molecular complexity index is 650. The van der Waals surface area contributed by atoms with Crippen LogP contribution in [-0.2, 0) is 7.05 Å². The fourth-order valence-corrected chi connectivity index (χ4v) is 1.99. The number of hydrogen-bond donors (Lipinski definition) is 0. The van der Waals surface area contributed by atoms with Crippen LogP contribution in [0.3, 0.4) is 0 Å². The zero-order valence-corrected chi connectivity index (χ0v) is 8.86. The van der Waals surface area contributed by atoms with Gasteiger partial charge in [0, 0.05) is 23.5 Å². The van der Waals surface area contributed by atoms with Crippen LogP contribution >= 0.6 is 0 Å². The second kappa shape index (κ2) is 2.83. The van der Waals surface area contributed by atoms with Gasteiger partial charge in [0.05, 0.1) is 5.52 Å². The number of nitrogens with zero attached hydrogens (tertiary/aromatic N) is 2. The molecule has 0 radical (unpaired) electrons. The molecule has 2 heterocycles. The fourth-order valence-electron chi connectivity index (χ4n) is 1.99. The summed E-state index contributed by atoms with van der Waals surface area (Å²) in [5.74, 6) is 0. The van der Waals surface area contributed by atoms with Gasteiger partial charge in [-0.05, 0) is 25.1 Å². The van der Waals surface area contributed by atoms with E-state index >= 15 is 0 Å². The number of rotatable bonds is 0. The van der Waals surface area contributed by atoms with Crippen LogP contribution in [0.5, 0.6) is 0 Å². The van der Waals surface area contributed by atoms with Crippen LogP contribution in [0.25, 0.3) is 21.9 Å². The molecule has 2 aromatic heterocycles. The van der Waals surface area contributed by atoms with Crippen molar-refractivity contribution in [3.63, 3.8) is 0 Å². The third kappa shape index (κ3) is 1.14. The third-order valence-electron chi connectivity index (χ3n) is 2.94. The lowest BCUT2D eigenvalue weighted by Gasteiger charge is -2.00. The Morgan fingerprint density at radius 2 is 1.87 bits per heavy atom. The highest BCUT2D eigenvalue weighted by Crippen LogP contribution is 2.21. The number of pyridine rings is 1. The summed E-state index contributed by atoms with van der Waals surface area (Å²) in [5.41, 5.74) is 3.37. The molecule has 0 aliphatic rings. The molecular formula is C13H12N2. The molecule has 0 aliphatic heterocycles. The molecule has 74 valence electrons. The Labute approximate surface area is 88.2 Å². The third-order valence-corrected chi connectivity index (χ3v) is 2.94. The molecule has 1 aromatic carbocycles. The Morgan fingerprint density at radius 1 is 1.07 bits per heavy atom. The van der Waals surface area contributed by atoms with Crippen LogP contribution in [0.2, 0.25) is 0 Å². The number of hydrogen-bond acceptors (Lipinski definition) is 1. The first-order valence-corrected chi connectivity index (χ1v) is 5.07. The van der Waals surface area contributed by atoms with Crippen molar-refractivity contribution >= 4 is 21.9 Å². The Balaban J connectivity index is 2.53. The largest absolute Gasteiger partial charge is 0.333 e. The van der Waals surface area contributed by atoms with Crippen LogP contribution in [0.4, 0.5) is 0 Å². The molecule has 0 aliphatic carbocycles. The number of fused-ring (bicyclic) bond motifs is 2. The van der Waals surface area contributed by atoms with E-state index in [4.69, 9.17) is 0 Å². The minimum atomic E-state index is 1.06. The molecular weight excluding hydrogens is 184 g/mol.